The number of fused-ring (bicyclic) bond motifs is 2. The largest absolute Gasteiger partial charge is 0.494 e. The number of piperazine rings is 2. The Kier molecular flexibility index (Phi) is 18.5. The zero-order valence-electron chi connectivity index (χ0n) is 42.5. The molecular weight excluding hydrogens is 993 g/mol. The molecule has 4 aliphatic rings. The molecule has 72 heavy (non-hydrogen) atoms. The third-order valence-electron chi connectivity index (χ3n) is 14.4. The molecular formula is C53H71BrN14O3S. The summed E-state index contributed by atoms with van der Waals surface area (Å²) in [6.07, 6.45) is 14.4. The maximum Gasteiger partial charge on any atom is 0.254 e. The van der Waals surface area contributed by atoms with Crippen LogP contribution in [0.5, 0.6) is 5.75 Å². The number of rotatable bonds is 19. The molecule has 0 bridgehead atoms. The predicted molar refractivity (Wildman–Crippen MR) is 297 cm³/mol. The fraction of sp³-hybridized carbons (Fsp3) is 0.472. The molecule has 4 aliphatic heterocycles. The fourth-order valence-corrected chi connectivity index (χ4v) is 11.1. The van der Waals surface area contributed by atoms with Crippen molar-refractivity contribution in [1.82, 2.24) is 44.9 Å². The number of methoxy groups -OCH3 is 1. The minimum atomic E-state index is 0.199. The highest BCUT2D eigenvalue weighted by Gasteiger charge is 2.32. The van der Waals surface area contributed by atoms with Crippen LogP contribution in [0.15, 0.2) is 78.3 Å². The molecule has 1 atom stereocenters. The first-order chi connectivity index (χ1) is 35.1. The van der Waals surface area contributed by atoms with Crippen LogP contribution < -0.4 is 35.2 Å². The number of nitrogens with one attached hydrogen (secondary N) is 4. The quantitative estimate of drug-likeness (QED) is 0.0461. The standard InChI is InChI=1S/C50H66BrN13O2S.C3H5NO/c1-6-8-34(3)64-33-36-29-38(9-10-39(36)49(64)65)62-27-23-60(24-28-62)20-19-59-21-25-61(26-22-59)37-13-17-63(18-14-37)44-31-45(66-4)43(30-35(44)7-2)56-50-54-32-40(51)48(57-50)55-42-12-11-41-46(47(42)58-67-5)53-16-15-52-41;1-2-4-3-5/h9-12,15-16,29-32,34,37,58H,6-8,13-14,17-28,33H2,1-5H3,(H2,54,55,56,57);2-3H,1H2,(H,4,5). The van der Waals surface area contributed by atoms with Crippen molar-refractivity contribution in [3.63, 3.8) is 0 Å². The van der Waals surface area contributed by atoms with Crippen molar-refractivity contribution >= 4 is 91.4 Å². The zero-order valence-corrected chi connectivity index (χ0v) is 44.9. The predicted octanol–water partition coefficient (Wildman–Crippen LogP) is 8.36. The number of carbonyl (C=O) groups is 2. The minimum Gasteiger partial charge on any atom is -0.494 e. The van der Waals surface area contributed by atoms with E-state index in [0.717, 1.165) is 161 Å². The normalized spacial score (nSPS) is 17.2. The fourth-order valence-electron chi connectivity index (χ4n) is 10.4. The number of hydrogen-bond acceptors (Lipinski definition) is 16. The number of piperidine rings is 1. The van der Waals surface area contributed by atoms with E-state index in [9.17, 15) is 9.59 Å². The van der Waals surface area contributed by atoms with E-state index in [0.29, 0.717) is 24.2 Å². The van der Waals surface area contributed by atoms with Crippen LogP contribution in [-0.4, -0.2) is 156 Å². The van der Waals surface area contributed by atoms with Crippen LogP contribution in [0.1, 0.15) is 67.9 Å². The van der Waals surface area contributed by atoms with Gasteiger partial charge in [-0.05, 0) is 102 Å². The van der Waals surface area contributed by atoms with Gasteiger partial charge in [0.1, 0.15) is 17.1 Å². The maximum absolute atomic E-state index is 13.1. The molecule has 9 rings (SSSR count). The van der Waals surface area contributed by atoms with Gasteiger partial charge >= 0.3 is 0 Å². The molecule has 4 N–H and O–H groups in total. The lowest BCUT2D eigenvalue weighted by molar-refractivity contribution is -0.108. The van der Waals surface area contributed by atoms with E-state index in [-0.39, 0.29) is 11.9 Å². The van der Waals surface area contributed by atoms with Crippen LogP contribution in [-0.2, 0) is 17.8 Å². The van der Waals surface area contributed by atoms with E-state index in [1.54, 1.807) is 25.7 Å². The Balaban J connectivity index is 0.00000132. The number of ether oxygens (including phenoxy) is 1. The van der Waals surface area contributed by atoms with Crippen molar-refractivity contribution in [2.45, 2.75) is 71.5 Å². The molecule has 3 saturated heterocycles. The number of nitrogens with zero attached hydrogens (tertiary/aromatic N) is 10. The second kappa shape index (κ2) is 25.3. The van der Waals surface area contributed by atoms with Crippen LogP contribution in [0.3, 0.4) is 0 Å². The van der Waals surface area contributed by atoms with Gasteiger partial charge in [-0.2, -0.15) is 4.98 Å². The van der Waals surface area contributed by atoms with E-state index < -0.39 is 0 Å². The lowest BCUT2D eigenvalue weighted by Crippen LogP contribution is -2.55. The molecule has 19 heteroatoms. The van der Waals surface area contributed by atoms with E-state index in [1.807, 2.05) is 18.4 Å². The van der Waals surface area contributed by atoms with E-state index >= 15 is 0 Å². The summed E-state index contributed by atoms with van der Waals surface area (Å²) in [6, 6.07) is 15.7. The monoisotopic (exact) mass is 1060 g/mol. The highest BCUT2D eigenvalue weighted by molar-refractivity contribution is 9.10. The summed E-state index contributed by atoms with van der Waals surface area (Å²) in [6.45, 7) is 23.7. The van der Waals surface area contributed by atoms with Crippen molar-refractivity contribution in [3.05, 3.63) is 95.0 Å². The SMILES string of the molecule is C=CNC=O.CCCC(C)N1Cc2cc(N3CCN(CCN4CCN(C5CCN(c6cc(OC)c(Nc7ncc(Br)c(Nc8ccc9nccnc9c8NSC)n7)cc6CC)CC5)CC4)CC3)ccc2C1=O. The van der Waals surface area contributed by atoms with E-state index in [1.165, 1.54) is 40.6 Å². The number of hydrogen-bond donors (Lipinski definition) is 4. The molecule has 0 radical (unpaired) electrons. The third-order valence-corrected chi connectivity index (χ3v) is 15.4. The number of amides is 2. The first kappa shape index (κ1) is 52.6. The lowest BCUT2D eigenvalue weighted by atomic mass is 9.99. The molecule has 0 aliphatic carbocycles. The number of aryl methyl sites for hydroxylation is 1. The van der Waals surface area contributed by atoms with Gasteiger partial charge in [-0.15, -0.1) is 0 Å². The number of aromatic nitrogens is 4. The topological polar surface area (TPSA) is 162 Å². The molecule has 6 heterocycles. The smallest absolute Gasteiger partial charge is 0.254 e. The molecule has 3 aromatic carbocycles. The van der Waals surface area contributed by atoms with Crippen LogP contribution in [0.25, 0.3) is 11.0 Å². The second-order valence-electron chi connectivity index (χ2n) is 18.7. The van der Waals surface area contributed by atoms with Gasteiger partial charge in [0.15, 0.2) is 0 Å². The van der Waals surface area contributed by atoms with Gasteiger partial charge in [0.2, 0.25) is 12.4 Å². The summed E-state index contributed by atoms with van der Waals surface area (Å²) in [7, 11) is 1.73. The Bertz CT molecular complexity index is 2630. The Morgan fingerprint density at radius 2 is 1.62 bits per heavy atom. The van der Waals surface area contributed by atoms with Crippen molar-refractivity contribution in [2.75, 3.05) is 117 Å². The Labute approximate surface area is 437 Å². The summed E-state index contributed by atoms with van der Waals surface area (Å²) in [4.78, 5) is 56.0. The number of carbonyl (C=O) groups excluding carboxylic acids is 2. The first-order valence-corrected chi connectivity index (χ1v) is 27.4. The molecule has 5 aromatic rings. The summed E-state index contributed by atoms with van der Waals surface area (Å²) < 4.78 is 10.1. The highest BCUT2D eigenvalue weighted by Crippen LogP contribution is 2.39. The maximum atomic E-state index is 13.1. The van der Waals surface area contributed by atoms with Gasteiger partial charge in [-0.1, -0.05) is 38.8 Å². The highest BCUT2D eigenvalue weighted by atomic mass is 79.9. The molecule has 17 nitrogen and oxygen atoms in total. The molecule has 1 unspecified atom stereocenters. The van der Waals surface area contributed by atoms with Crippen LogP contribution >= 0.6 is 27.9 Å². The van der Waals surface area contributed by atoms with Crippen LogP contribution in [0.2, 0.25) is 0 Å². The second-order valence-corrected chi connectivity index (χ2v) is 20.2. The van der Waals surface area contributed by atoms with Crippen molar-refractivity contribution < 1.29 is 14.3 Å². The minimum absolute atomic E-state index is 0.199. The van der Waals surface area contributed by atoms with Crippen molar-refractivity contribution in [1.29, 1.82) is 0 Å². The molecule has 3 fully saturated rings. The van der Waals surface area contributed by atoms with Gasteiger partial charge in [-0.3, -0.25) is 34.3 Å². The lowest BCUT2D eigenvalue weighted by Gasteiger charge is -2.44. The summed E-state index contributed by atoms with van der Waals surface area (Å²) in [5.41, 5.74) is 9.92. The molecule has 0 spiro atoms. The average Bonchev–Trinajstić information content (AvgIpc) is 3.75. The van der Waals surface area contributed by atoms with Gasteiger partial charge in [0.25, 0.3) is 5.91 Å². The molecule has 2 aromatic heterocycles. The summed E-state index contributed by atoms with van der Waals surface area (Å²) >= 11 is 5.14. The average molecular weight is 1060 g/mol. The van der Waals surface area contributed by atoms with E-state index in [2.05, 4.69) is 139 Å². The van der Waals surface area contributed by atoms with Gasteiger partial charge in [0.05, 0.1) is 34.2 Å². The van der Waals surface area contributed by atoms with Gasteiger partial charge in [-0.25, -0.2) is 4.98 Å². The van der Waals surface area contributed by atoms with Crippen LogP contribution in [0.4, 0.5) is 40.2 Å². The van der Waals surface area contributed by atoms with E-state index in [4.69, 9.17) is 9.72 Å². The Morgan fingerprint density at radius 3 is 2.29 bits per heavy atom. The molecule has 0 saturated carbocycles. The zero-order chi connectivity index (χ0) is 50.6. The van der Waals surface area contributed by atoms with Gasteiger partial charge < -0.3 is 40.1 Å². The summed E-state index contributed by atoms with van der Waals surface area (Å²) in [5.74, 6) is 2.02. The number of halogens is 1. The molecule has 384 valence electrons. The Morgan fingerprint density at radius 1 is 0.889 bits per heavy atom. The Hall–Kier alpha value is -5.73. The first-order valence-electron chi connectivity index (χ1n) is 25.4. The summed E-state index contributed by atoms with van der Waals surface area (Å²) in [5, 5.41) is 9.13. The van der Waals surface area contributed by atoms with Gasteiger partial charge in [0, 0.05) is 145 Å². The molecule has 2 amide bonds. The third kappa shape index (κ3) is 12.5. The van der Waals surface area contributed by atoms with Crippen molar-refractivity contribution in [3.8, 4) is 5.75 Å². The number of anilines is 7. The number of benzene rings is 3. The van der Waals surface area contributed by atoms with Crippen LogP contribution in [0, 0.1) is 0 Å². The van der Waals surface area contributed by atoms with Crippen molar-refractivity contribution in [2.24, 2.45) is 0 Å².